The number of rotatable bonds is 3. The van der Waals surface area contributed by atoms with Crippen LogP contribution in [-0.4, -0.2) is 21.7 Å². The third kappa shape index (κ3) is 2.80. The summed E-state index contributed by atoms with van der Waals surface area (Å²) in [4.78, 5) is 4.65. The molecule has 1 aromatic rings. The van der Waals surface area contributed by atoms with Crippen LogP contribution in [0.3, 0.4) is 0 Å². The maximum Gasteiger partial charge on any atom is 0.153 e. The minimum Gasteiger partial charge on any atom is -0.330 e. The van der Waals surface area contributed by atoms with Crippen molar-refractivity contribution >= 4 is 12.4 Å². The quantitative estimate of drug-likeness (QED) is 0.872. The van der Waals surface area contributed by atoms with Crippen LogP contribution in [0.1, 0.15) is 62.0 Å². The van der Waals surface area contributed by atoms with E-state index < -0.39 is 0 Å². The van der Waals surface area contributed by atoms with Crippen LogP contribution in [0.15, 0.2) is 0 Å². The van der Waals surface area contributed by atoms with Gasteiger partial charge in [0.2, 0.25) is 0 Å². The smallest absolute Gasteiger partial charge is 0.153 e. The van der Waals surface area contributed by atoms with Crippen molar-refractivity contribution in [3.63, 3.8) is 0 Å². The Hall–Kier alpha value is -0.610. The number of hydrogen-bond donors (Lipinski definition) is 2. The molecule has 4 nitrogen and oxygen atoms in total. The van der Waals surface area contributed by atoms with Crippen molar-refractivity contribution in [1.29, 1.82) is 0 Å². The van der Waals surface area contributed by atoms with Crippen LogP contribution >= 0.6 is 12.4 Å². The van der Waals surface area contributed by atoms with E-state index in [4.69, 9.17) is 5.73 Å². The zero-order chi connectivity index (χ0) is 11.0. The number of H-pyrrole nitrogens is 1. The van der Waals surface area contributed by atoms with E-state index in [0.29, 0.717) is 11.8 Å². The normalized spacial score (nSPS) is 28.8. The summed E-state index contributed by atoms with van der Waals surface area (Å²) in [6.07, 6.45) is 7.50. The molecule has 2 saturated carbocycles. The number of nitrogens with zero attached hydrogens (tertiary/aromatic N) is 2. The van der Waals surface area contributed by atoms with Gasteiger partial charge in [0, 0.05) is 11.8 Å². The molecule has 0 bridgehead atoms. The van der Waals surface area contributed by atoms with Gasteiger partial charge in [0.15, 0.2) is 5.82 Å². The second-order valence-electron chi connectivity index (χ2n) is 5.31. The van der Waals surface area contributed by atoms with Crippen LogP contribution in [-0.2, 0) is 0 Å². The van der Waals surface area contributed by atoms with Crippen LogP contribution in [0.5, 0.6) is 0 Å². The Morgan fingerprint density at radius 2 is 1.71 bits per heavy atom. The van der Waals surface area contributed by atoms with Gasteiger partial charge in [-0.3, -0.25) is 5.10 Å². The first-order chi connectivity index (χ1) is 7.86. The monoisotopic (exact) mass is 256 g/mol. The molecule has 17 heavy (non-hydrogen) atoms. The fourth-order valence-corrected chi connectivity index (χ4v) is 2.67. The van der Waals surface area contributed by atoms with Crippen molar-refractivity contribution < 1.29 is 0 Å². The molecular weight excluding hydrogens is 236 g/mol. The average molecular weight is 257 g/mol. The summed E-state index contributed by atoms with van der Waals surface area (Å²) in [5.74, 6) is 4.17. The first-order valence-electron chi connectivity index (χ1n) is 6.49. The topological polar surface area (TPSA) is 67.6 Å². The minimum atomic E-state index is 0. The van der Waals surface area contributed by atoms with Crippen molar-refractivity contribution in [3.05, 3.63) is 11.6 Å². The van der Waals surface area contributed by atoms with Gasteiger partial charge in [-0.1, -0.05) is 0 Å². The highest BCUT2D eigenvalue weighted by Gasteiger charge is 2.30. The highest BCUT2D eigenvalue weighted by molar-refractivity contribution is 5.85. The third-order valence-corrected chi connectivity index (χ3v) is 4.03. The summed E-state index contributed by atoms with van der Waals surface area (Å²) in [6, 6.07) is 0. The summed E-state index contributed by atoms with van der Waals surface area (Å²) in [5.41, 5.74) is 5.70. The fraction of sp³-hybridized carbons (Fsp3) is 0.833. The van der Waals surface area contributed by atoms with Gasteiger partial charge in [0.05, 0.1) is 0 Å². The van der Waals surface area contributed by atoms with Gasteiger partial charge in [0.1, 0.15) is 5.82 Å². The summed E-state index contributed by atoms with van der Waals surface area (Å²) in [6.45, 7) is 0.844. The van der Waals surface area contributed by atoms with E-state index in [-0.39, 0.29) is 12.4 Å². The van der Waals surface area contributed by atoms with Gasteiger partial charge >= 0.3 is 0 Å². The largest absolute Gasteiger partial charge is 0.330 e. The Labute approximate surface area is 108 Å². The summed E-state index contributed by atoms with van der Waals surface area (Å²) < 4.78 is 0. The van der Waals surface area contributed by atoms with Gasteiger partial charge in [-0.05, 0) is 51.0 Å². The molecule has 0 amide bonds. The Bertz CT molecular complexity index is 353. The van der Waals surface area contributed by atoms with E-state index in [0.717, 1.165) is 24.1 Å². The van der Waals surface area contributed by atoms with Crippen molar-refractivity contribution in [2.45, 2.75) is 50.4 Å². The minimum absolute atomic E-state index is 0. The van der Waals surface area contributed by atoms with E-state index in [1.165, 1.54) is 38.5 Å². The lowest BCUT2D eigenvalue weighted by Gasteiger charge is -2.25. The molecule has 5 heteroatoms. The molecule has 1 heterocycles. The van der Waals surface area contributed by atoms with Crippen molar-refractivity contribution in [3.8, 4) is 0 Å². The lowest BCUT2D eigenvalue weighted by molar-refractivity contribution is 0.326. The lowest BCUT2D eigenvalue weighted by atomic mass is 9.82. The first kappa shape index (κ1) is 12.8. The maximum atomic E-state index is 5.70. The van der Waals surface area contributed by atoms with E-state index in [2.05, 4.69) is 15.2 Å². The van der Waals surface area contributed by atoms with Gasteiger partial charge < -0.3 is 5.73 Å². The molecule has 2 aliphatic carbocycles. The predicted molar refractivity (Wildman–Crippen MR) is 69.4 cm³/mol. The molecule has 3 N–H and O–H groups in total. The molecule has 0 aliphatic heterocycles. The van der Waals surface area contributed by atoms with Crippen molar-refractivity contribution in [1.82, 2.24) is 15.2 Å². The lowest BCUT2D eigenvalue weighted by Crippen LogP contribution is -2.21. The number of nitrogens with one attached hydrogen (secondary N) is 1. The number of hydrogen-bond acceptors (Lipinski definition) is 3. The summed E-state index contributed by atoms with van der Waals surface area (Å²) >= 11 is 0. The first-order valence-corrected chi connectivity index (χ1v) is 6.49. The summed E-state index contributed by atoms with van der Waals surface area (Å²) in [7, 11) is 0. The number of nitrogens with two attached hydrogens (primary N) is 1. The standard InChI is InChI=1S/C12H20N4.ClH/c13-7-8-1-3-9(4-2-8)11-14-12(16-15-11)10-5-6-10;/h8-10H,1-7,13H2,(H,14,15,16);1H. The molecule has 0 unspecified atom stereocenters. The van der Waals surface area contributed by atoms with Crippen molar-refractivity contribution in [2.75, 3.05) is 6.54 Å². The predicted octanol–water partition coefficient (Wildman–Crippen LogP) is 2.34. The Morgan fingerprint density at radius 3 is 2.29 bits per heavy atom. The zero-order valence-electron chi connectivity index (χ0n) is 10.1. The van der Waals surface area contributed by atoms with E-state index >= 15 is 0 Å². The zero-order valence-corrected chi connectivity index (χ0v) is 10.9. The maximum absolute atomic E-state index is 5.70. The summed E-state index contributed by atoms with van der Waals surface area (Å²) in [5, 5.41) is 7.47. The number of aromatic nitrogens is 3. The average Bonchev–Trinajstić information content (AvgIpc) is 3.08. The molecule has 3 rings (SSSR count). The number of halogens is 1. The molecule has 0 atom stereocenters. The second kappa shape index (κ2) is 5.36. The second-order valence-corrected chi connectivity index (χ2v) is 5.31. The van der Waals surface area contributed by atoms with Gasteiger partial charge in [0.25, 0.3) is 0 Å². The molecular formula is C12H21ClN4. The van der Waals surface area contributed by atoms with Gasteiger partial charge in [-0.25, -0.2) is 4.98 Å². The molecule has 0 saturated heterocycles. The van der Waals surface area contributed by atoms with E-state index in [1.54, 1.807) is 0 Å². The molecule has 2 fully saturated rings. The molecule has 0 spiro atoms. The van der Waals surface area contributed by atoms with Crippen LogP contribution in [0.2, 0.25) is 0 Å². The SMILES string of the molecule is Cl.NCC1CCC(c2nc(C3CC3)n[nH]2)CC1. The fourth-order valence-electron chi connectivity index (χ4n) is 2.67. The van der Waals surface area contributed by atoms with Crippen molar-refractivity contribution in [2.24, 2.45) is 11.7 Å². The van der Waals surface area contributed by atoms with Gasteiger partial charge in [-0.15, -0.1) is 12.4 Å². The molecule has 1 aromatic heterocycles. The Morgan fingerprint density at radius 1 is 1.06 bits per heavy atom. The van der Waals surface area contributed by atoms with Crippen LogP contribution in [0, 0.1) is 5.92 Å². The van der Waals surface area contributed by atoms with Crippen LogP contribution < -0.4 is 5.73 Å². The van der Waals surface area contributed by atoms with Crippen LogP contribution in [0.25, 0.3) is 0 Å². The van der Waals surface area contributed by atoms with E-state index in [9.17, 15) is 0 Å². The third-order valence-electron chi connectivity index (χ3n) is 4.03. The highest BCUT2D eigenvalue weighted by Crippen LogP contribution is 2.39. The Balaban J connectivity index is 0.00000108. The van der Waals surface area contributed by atoms with Gasteiger partial charge in [-0.2, -0.15) is 5.10 Å². The Kier molecular flexibility index (Phi) is 4.05. The molecule has 0 radical (unpaired) electrons. The molecule has 96 valence electrons. The highest BCUT2D eigenvalue weighted by atomic mass is 35.5. The molecule has 0 aromatic carbocycles. The number of aromatic amines is 1. The van der Waals surface area contributed by atoms with Crippen LogP contribution in [0.4, 0.5) is 0 Å². The van der Waals surface area contributed by atoms with E-state index in [1.807, 2.05) is 0 Å². The molecule has 2 aliphatic rings.